The lowest BCUT2D eigenvalue weighted by molar-refractivity contribution is -0.136. The predicted molar refractivity (Wildman–Crippen MR) is 91.9 cm³/mol. The van der Waals surface area contributed by atoms with E-state index in [0.29, 0.717) is 10.6 Å². The lowest BCUT2D eigenvalue weighted by Gasteiger charge is -2.25. The van der Waals surface area contributed by atoms with Crippen LogP contribution in [0.15, 0.2) is 64.9 Å². The Labute approximate surface area is 147 Å². The number of aromatic nitrogens is 1. The quantitative estimate of drug-likeness (QED) is 0.603. The van der Waals surface area contributed by atoms with Gasteiger partial charge in [-0.1, -0.05) is 6.07 Å². The number of amides is 2. The zero-order chi connectivity index (χ0) is 17.7. The molecule has 0 spiro atoms. The summed E-state index contributed by atoms with van der Waals surface area (Å²) in [5.74, 6) is -1.44. The maximum atomic E-state index is 12.1. The molecule has 0 aliphatic carbocycles. The van der Waals surface area contributed by atoms with Crippen LogP contribution in [-0.2, 0) is 15.2 Å². The van der Waals surface area contributed by atoms with Crippen LogP contribution < -0.4 is 10.6 Å². The summed E-state index contributed by atoms with van der Waals surface area (Å²) in [6, 6.07) is 10.0. The number of nitrogens with zero attached hydrogens (tertiary/aromatic N) is 1. The molecular formula is C17H15N3O4S. The van der Waals surface area contributed by atoms with E-state index in [1.54, 1.807) is 48.0 Å². The second kappa shape index (κ2) is 7.29. The minimum atomic E-state index is -1.55. The highest BCUT2D eigenvalue weighted by atomic mass is 32.1. The van der Waals surface area contributed by atoms with Gasteiger partial charge < -0.3 is 20.2 Å². The highest BCUT2D eigenvalue weighted by Gasteiger charge is 2.36. The highest BCUT2D eigenvalue weighted by molar-refractivity contribution is 7.10. The van der Waals surface area contributed by atoms with Crippen molar-refractivity contribution < 1.29 is 19.1 Å². The summed E-state index contributed by atoms with van der Waals surface area (Å²) in [7, 11) is 0. The molecule has 0 bridgehead atoms. The number of aliphatic hydroxyl groups is 1. The third-order valence-electron chi connectivity index (χ3n) is 3.49. The minimum Gasteiger partial charge on any atom is -0.466 e. The van der Waals surface area contributed by atoms with Crippen LogP contribution in [0.4, 0.5) is 5.69 Å². The Hall–Kier alpha value is -2.97. The van der Waals surface area contributed by atoms with Crippen LogP contribution in [0.2, 0.25) is 0 Å². The summed E-state index contributed by atoms with van der Waals surface area (Å²) in [5.41, 5.74) is -1.15. The largest absolute Gasteiger partial charge is 0.466 e. The second-order valence-corrected chi connectivity index (χ2v) is 6.14. The molecule has 0 aliphatic heterocycles. The summed E-state index contributed by atoms with van der Waals surface area (Å²) in [6.45, 7) is -0.208. The van der Waals surface area contributed by atoms with Gasteiger partial charge in [0.05, 0.1) is 24.7 Å². The van der Waals surface area contributed by atoms with E-state index in [1.165, 1.54) is 23.8 Å². The summed E-state index contributed by atoms with van der Waals surface area (Å²) in [6.07, 6.45) is 4.42. The van der Waals surface area contributed by atoms with E-state index in [9.17, 15) is 14.7 Å². The van der Waals surface area contributed by atoms with Gasteiger partial charge in [-0.15, -0.1) is 11.3 Å². The molecule has 0 saturated heterocycles. The van der Waals surface area contributed by atoms with E-state index >= 15 is 0 Å². The van der Waals surface area contributed by atoms with Gasteiger partial charge in [-0.2, -0.15) is 0 Å². The number of carbonyl (C=O) groups excluding carboxylic acids is 2. The van der Waals surface area contributed by atoms with Gasteiger partial charge in [0.25, 0.3) is 0 Å². The number of carbonyl (C=O) groups is 2. The topological polar surface area (TPSA) is 104 Å². The molecule has 3 aromatic rings. The molecule has 128 valence electrons. The van der Waals surface area contributed by atoms with Crippen LogP contribution in [0.5, 0.6) is 0 Å². The lowest BCUT2D eigenvalue weighted by Crippen LogP contribution is -2.44. The van der Waals surface area contributed by atoms with Crippen LogP contribution in [0, 0.1) is 0 Å². The second-order valence-electron chi connectivity index (χ2n) is 5.19. The van der Waals surface area contributed by atoms with Crippen LogP contribution in [0.3, 0.4) is 0 Å². The predicted octanol–water partition coefficient (Wildman–Crippen LogP) is 1.73. The van der Waals surface area contributed by atoms with Crippen molar-refractivity contribution in [3.8, 4) is 0 Å². The molecule has 0 saturated carbocycles. The van der Waals surface area contributed by atoms with Gasteiger partial charge in [0.15, 0.2) is 5.60 Å². The van der Waals surface area contributed by atoms with Crippen molar-refractivity contribution in [2.75, 3.05) is 11.9 Å². The van der Waals surface area contributed by atoms with Gasteiger partial charge in [-0.25, -0.2) is 0 Å². The number of thiophene rings is 1. The van der Waals surface area contributed by atoms with Crippen LogP contribution >= 0.6 is 11.3 Å². The molecule has 3 aromatic heterocycles. The molecule has 0 aliphatic rings. The fourth-order valence-corrected chi connectivity index (χ4v) is 3.07. The Balaban J connectivity index is 1.69. The van der Waals surface area contributed by atoms with Crippen molar-refractivity contribution >= 4 is 28.8 Å². The summed E-state index contributed by atoms with van der Waals surface area (Å²) in [4.78, 5) is 28.4. The first-order chi connectivity index (χ1) is 12.1. The molecule has 3 heterocycles. The first-order valence-corrected chi connectivity index (χ1v) is 8.27. The Kier molecular flexibility index (Phi) is 4.92. The van der Waals surface area contributed by atoms with Crippen molar-refractivity contribution in [1.29, 1.82) is 0 Å². The number of hydrogen-bond acceptors (Lipinski definition) is 6. The number of anilines is 1. The number of nitrogens with one attached hydrogen (secondary N) is 2. The Morgan fingerprint density at radius 3 is 2.72 bits per heavy atom. The molecule has 3 N–H and O–H groups in total. The Bertz CT molecular complexity index is 798. The lowest BCUT2D eigenvalue weighted by atomic mass is 9.98. The number of pyridine rings is 1. The molecule has 8 heteroatoms. The van der Waals surface area contributed by atoms with Gasteiger partial charge in [0.1, 0.15) is 5.76 Å². The van der Waals surface area contributed by atoms with Crippen molar-refractivity contribution in [2.24, 2.45) is 0 Å². The number of hydrogen-bond donors (Lipinski definition) is 3. The van der Waals surface area contributed by atoms with Crippen LogP contribution in [0.1, 0.15) is 10.6 Å². The van der Waals surface area contributed by atoms with Gasteiger partial charge in [-0.3, -0.25) is 14.6 Å². The van der Waals surface area contributed by atoms with E-state index in [1.807, 2.05) is 0 Å². The van der Waals surface area contributed by atoms with E-state index in [-0.39, 0.29) is 12.3 Å². The van der Waals surface area contributed by atoms with Crippen molar-refractivity contribution in [1.82, 2.24) is 10.3 Å². The van der Waals surface area contributed by atoms with Crippen molar-refractivity contribution in [2.45, 2.75) is 5.60 Å². The molecule has 2 amide bonds. The molecule has 3 rings (SSSR count). The summed E-state index contributed by atoms with van der Waals surface area (Å²) < 4.78 is 5.31. The molecule has 0 radical (unpaired) electrons. The Morgan fingerprint density at radius 2 is 2.08 bits per heavy atom. The SMILES string of the molecule is O=C(NCC(O)(c1ccco1)c1cccs1)C(=O)Nc1cccnc1. The van der Waals surface area contributed by atoms with Gasteiger partial charge >= 0.3 is 11.8 Å². The molecule has 1 atom stereocenters. The standard InChI is InChI=1S/C17H15N3O4S/c21-15(16(22)20-12-4-1-7-18-10-12)19-11-17(23,13-5-2-8-24-13)14-6-3-9-25-14/h1-10,23H,11H2,(H,19,21)(H,20,22). The molecule has 0 aromatic carbocycles. The highest BCUT2D eigenvalue weighted by Crippen LogP contribution is 2.32. The van der Waals surface area contributed by atoms with Crippen molar-refractivity contribution in [3.05, 3.63) is 71.1 Å². The van der Waals surface area contributed by atoms with Crippen molar-refractivity contribution in [3.63, 3.8) is 0 Å². The molecule has 7 nitrogen and oxygen atoms in total. The minimum absolute atomic E-state index is 0.208. The molecule has 25 heavy (non-hydrogen) atoms. The molecular weight excluding hydrogens is 342 g/mol. The fourth-order valence-electron chi connectivity index (χ4n) is 2.24. The Morgan fingerprint density at radius 1 is 1.20 bits per heavy atom. The average molecular weight is 357 g/mol. The fraction of sp³-hybridized carbons (Fsp3) is 0.118. The summed E-state index contributed by atoms with van der Waals surface area (Å²) in [5, 5.41) is 17.7. The molecule has 1 unspecified atom stereocenters. The van der Waals surface area contributed by atoms with E-state index in [4.69, 9.17) is 4.42 Å². The van der Waals surface area contributed by atoms with Gasteiger partial charge in [-0.05, 0) is 35.7 Å². The monoisotopic (exact) mass is 357 g/mol. The van der Waals surface area contributed by atoms with Crippen LogP contribution in [0.25, 0.3) is 0 Å². The zero-order valence-electron chi connectivity index (χ0n) is 13.0. The zero-order valence-corrected chi connectivity index (χ0v) is 13.8. The average Bonchev–Trinajstić information content (AvgIpc) is 3.34. The number of rotatable bonds is 5. The third kappa shape index (κ3) is 3.76. The van der Waals surface area contributed by atoms with Gasteiger partial charge in [0, 0.05) is 11.1 Å². The third-order valence-corrected chi connectivity index (χ3v) is 4.51. The van der Waals surface area contributed by atoms with Crippen LogP contribution in [-0.4, -0.2) is 28.4 Å². The van der Waals surface area contributed by atoms with E-state index in [0.717, 1.165) is 0 Å². The maximum absolute atomic E-state index is 12.1. The number of furan rings is 1. The first-order valence-electron chi connectivity index (χ1n) is 7.39. The molecule has 0 fully saturated rings. The smallest absolute Gasteiger partial charge is 0.313 e. The first kappa shape index (κ1) is 16.9. The normalized spacial score (nSPS) is 13.0. The maximum Gasteiger partial charge on any atom is 0.313 e. The summed E-state index contributed by atoms with van der Waals surface area (Å²) >= 11 is 1.32. The van der Waals surface area contributed by atoms with E-state index < -0.39 is 17.4 Å². The van der Waals surface area contributed by atoms with Gasteiger partial charge in [0.2, 0.25) is 0 Å². The van der Waals surface area contributed by atoms with E-state index in [2.05, 4.69) is 15.6 Å².